The first-order chi connectivity index (χ1) is 6.09. The van der Waals surface area contributed by atoms with E-state index in [1.807, 2.05) is 39.0 Å². The molecule has 1 aromatic carbocycles. The van der Waals surface area contributed by atoms with Gasteiger partial charge in [0.05, 0.1) is 5.69 Å². The number of nitrogens with one attached hydrogen (secondary N) is 1. The molecular weight excluding hydrogens is 184 g/mol. The van der Waals surface area contributed by atoms with Crippen LogP contribution in [0.5, 0.6) is 0 Å². The maximum absolute atomic E-state index is 5.82. The zero-order valence-corrected chi connectivity index (χ0v) is 8.81. The molecule has 13 heavy (non-hydrogen) atoms. The van der Waals surface area contributed by atoms with Crippen LogP contribution in [0.15, 0.2) is 23.3 Å². The number of hydrogen-bond donors (Lipinski definition) is 1. The number of hydrogen-bond acceptors (Lipinski definition) is 2. The average molecular weight is 197 g/mol. The Labute approximate surface area is 83.6 Å². The van der Waals surface area contributed by atoms with Crippen molar-refractivity contribution >= 4 is 23.0 Å². The van der Waals surface area contributed by atoms with E-state index in [0.29, 0.717) is 0 Å². The number of nitrogens with zero attached hydrogens (tertiary/aromatic N) is 1. The lowest BCUT2D eigenvalue weighted by atomic mass is 10.2. The number of hydrazone groups is 1. The Morgan fingerprint density at radius 3 is 2.62 bits per heavy atom. The predicted octanol–water partition coefficient (Wildman–Crippen LogP) is 3.46. The first-order valence-corrected chi connectivity index (χ1v) is 4.50. The molecule has 0 aromatic heterocycles. The maximum Gasteiger partial charge on any atom is 0.0591 e. The van der Waals surface area contributed by atoms with Crippen LogP contribution in [0.2, 0.25) is 5.02 Å². The molecule has 0 unspecified atom stereocenters. The van der Waals surface area contributed by atoms with Gasteiger partial charge in [-0.2, -0.15) is 5.10 Å². The minimum Gasteiger partial charge on any atom is -0.278 e. The normalized spacial score (nSPS) is 9.54. The molecule has 1 rings (SSSR count). The van der Waals surface area contributed by atoms with Crippen molar-refractivity contribution in [2.24, 2.45) is 5.10 Å². The summed E-state index contributed by atoms with van der Waals surface area (Å²) >= 11 is 5.82. The van der Waals surface area contributed by atoms with Crippen molar-refractivity contribution in [3.05, 3.63) is 28.8 Å². The summed E-state index contributed by atoms with van der Waals surface area (Å²) in [7, 11) is 0. The van der Waals surface area contributed by atoms with Gasteiger partial charge >= 0.3 is 0 Å². The van der Waals surface area contributed by atoms with Crippen molar-refractivity contribution in [2.45, 2.75) is 20.8 Å². The number of benzene rings is 1. The summed E-state index contributed by atoms with van der Waals surface area (Å²) in [4.78, 5) is 0. The highest BCUT2D eigenvalue weighted by Crippen LogP contribution is 2.19. The molecule has 0 saturated carbocycles. The summed E-state index contributed by atoms with van der Waals surface area (Å²) in [5, 5.41) is 4.86. The highest BCUT2D eigenvalue weighted by Gasteiger charge is 1.96. The highest BCUT2D eigenvalue weighted by atomic mass is 35.5. The quantitative estimate of drug-likeness (QED) is 0.569. The van der Waals surface area contributed by atoms with E-state index in [1.165, 1.54) is 0 Å². The van der Waals surface area contributed by atoms with Crippen molar-refractivity contribution in [3.8, 4) is 0 Å². The van der Waals surface area contributed by atoms with E-state index in [1.54, 1.807) is 0 Å². The van der Waals surface area contributed by atoms with Crippen LogP contribution in [0.3, 0.4) is 0 Å². The number of halogens is 1. The van der Waals surface area contributed by atoms with Gasteiger partial charge in [-0.3, -0.25) is 5.43 Å². The molecule has 0 fully saturated rings. The predicted molar refractivity (Wildman–Crippen MR) is 58.6 cm³/mol. The minimum absolute atomic E-state index is 0.750. The molecule has 3 heteroatoms. The first kappa shape index (κ1) is 10.1. The summed E-state index contributed by atoms with van der Waals surface area (Å²) < 4.78 is 0. The molecule has 1 aromatic rings. The fourth-order valence-corrected chi connectivity index (χ4v) is 1.15. The molecule has 0 aliphatic carbocycles. The minimum atomic E-state index is 0.750. The van der Waals surface area contributed by atoms with E-state index in [0.717, 1.165) is 22.0 Å². The van der Waals surface area contributed by atoms with E-state index in [9.17, 15) is 0 Å². The van der Waals surface area contributed by atoms with Crippen molar-refractivity contribution in [2.75, 3.05) is 5.43 Å². The third kappa shape index (κ3) is 3.07. The lowest BCUT2D eigenvalue weighted by molar-refractivity contribution is 1.29. The van der Waals surface area contributed by atoms with Gasteiger partial charge in [0.1, 0.15) is 0 Å². The number of rotatable bonds is 2. The highest BCUT2D eigenvalue weighted by molar-refractivity contribution is 6.30. The number of aryl methyl sites for hydroxylation is 1. The molecule has 0 aliphatic heterocycles. The molecule has 0 heterocycles. The Kier molecular flexibility index (Phi) is 3.32. The number of anilines is 1. The summed E-state index contributed by atoms with van der Waals surface area (Å²) in [5.74, 6) is 0. The lowest BCUT2D eigenvalue weighted by Crippen LogP contribution is -1.94. The Balaban J connectivity index is 2.84. The van der Waals surface area contributed by atoms with Crippen LogP contribution >= 0.6 is 11.6 Å². The van der Waals surface area contributed by atoms with E-state index in [-0.39, 0.29) is 0 Å². The molecular formula is C10H13ClN2. The van der Waals surface area contributed by atoms with Gasteiger partial charge in [0.15, 0.2) is 0 Å². The van der Waals surface area contributed by atoms with Gasteiger partial charge < -0.3 is 0 Å². The van der Waals surface area contributed by atoms with Crippen molar-refractivity contribution in [1.82, 2.24) is 0 Å². The largest absolute Gasteiger partial charge is 0.278 e. The van der Waals surface area contributed by atoms with Crippen LogP contribution in [0.25, 0.3) is 0 Å². The smallest absolute Gasteiger partial charge is 0.0591 e. The average Bonchev–Trinajstić information content (AvgIpc) is 2.02. The van der Waals surface area contributed by atoms with Gasteiger partial charge in [-0.25, -0.2) is 0 Å². The van der Waals surface area contributed by atoms with Crippen LogP contribution in [-0.4, -0.2) is 5.71 Å². The Morgan fingerprint density at radius 2 is 2.08 bits per heavy atom. The molecule has 0 saturated heterocycles. The first-order valence-electron chi connectivity index (χ1n) is 4.12. The van der Waals surface area contributed by atoms with Gasteiger partial charge in [-0.05, 0) is 44.5 Å². The van der Waals surface area contributed by atoms with E-state index >= 15 is 0 Å². The summed E-state index contributed by atoms with van der Waals surface area (Å²) in [6.45, 7) is 5.88. The fourth-order valence-electron chi connectivity index (χ4n) is 0.925. The Hall–Kier alpha value is -1.02. The maximum atomic E-state index is 5.82. The van der Waals surface area contributed by atoms with Crippen LogP contribution in [0, 0.1) is 6.92 Å². The molecule has 0 atom stereocenters. The SMILES string of the molecule is CC(C)=NNc1ccc(Cl)cc1C. The Morgan fingerprint density at radius 1 is 1.38 bits per heavy atom. The van der Waals surface area contributed by atoms with Crippen LogP contribution in [-0.2, 0) is 0 Å². The van der Waals surface area contributed by atoms with Crippen LogP contribution in [0.1, 0.15) is 19.4 Å². The van der Waals surface area contributed by atoms with Gasteiger partial charge in [-0.15, -0.1) is 0 Å². The van der Waals surface area contributed by atoms with Crippen molar-refractivity contribution in [1.29, 1.82) is 0 Å². The molecule has 0 radical (unpaired) electrons. The van der Waals surface area contributed by atoms with E-state index < -0.39 is 0 Å². The van der Waals surface area contributed by atoms with Crippen LogP contribution in [0.4, 0.5) is 5.69 Å². The molecule has 1 N–H and O–H groups in total. The summed E-state index contributed by atoms with van der Waals surface area (Å²) in [5.41, 5.74) is 6.05. The van der Waals surface area contributed by atoms with Crippen molar-refractivity contribution in [3.63, 3.8) is 0 Å². The van der Waals surface area contributed by atoms with E-state index in [4.69, 9.17) is 11.6 Å². The van der Waals surface area contributed by atoms with Gasteiger partial charge in [0, 0.05) is 10.7 Å². The zero-order valence-electron chi connectivity index (χ0n) is 8.06. The molecule has 0 amide bonds. The summed E-state index contributed by atoms with van der Waals surface area (Å²) in [6.07, 6.45) is 0. The third-order valence-corrected chi connectivity index (χ3v) is 1.82. The second-order valence-corrected chi connectivity index (χ2v) is 3.57. The fraction of sp³-hybridized carbons (Fsp3) is 0.300. The monoisotopic (exact) mass is 196 g/mol. The van der Waals surface area contributed by atoms with Gasteiger partial charge in [0.25, 0.3) is 0 Å². The summed E-state index contributed by atoms with van der Waals surface area (Å²) in [6, 6.07) is 5.67. The van der Waals surface area contributed by atoms with Crippen molar-refractivity contribution < 1.29 is 0 Å². The molecule has 0 spiro atoms. The van der Waals surface area contributed by atoms with Crippen LogP contribution < -0.4 is 5.43 Å². The second kappa shape index (κ2) is 4.28. The topological polar surface area (TPSA) is 24.4 Å². The molecule has 0 bridgehead atoms. The molecule has 2 nitrogen and oxygen atoms in total. The van der Waals surface area contributed by atoms with Gasteiger partial charge in [0.2, 0.25) is 0 Å². The standard InChI is InChI=1S/C10H13ClN2/c1-7(2)12-13-10-5-4-9(11)6-8(10)3/h4-6,13H,1-3H3. The Bertz CT molecular complexity index is 328. The molecule has 0 aliphatic rings. The van der Waals surface area contributed by atoms with E-state index in [2.05, 4.69) is 10.5 Å². The third-order valence-electron chi connectivity index (χ3n) is 1.59. The second-order valence-electron chi connectivity index (χ2n) is 3.13. The zero-order chi connectivity index (χ0) is 9.84. The lowest BCUT2D eigenvalue weighted by Gasteiger charge is -2.05. The van der Waals surface area contributed by atoms with Gasteiger partial charge in [-0.1, -0.05) is 11.6 Å². The molecule has 70 valence electrons.